The Morgan fingerprint density at radius 2 is 2.07 bits per heavy atom. The third kappa shape index (κ3) is 5.39. The summed E-state index contributed by atoms with van der Waals surface area (Å²) in [5.74, 6) is 1.32. The average molecular weight is 432 g/mol. The van der Waals surface area contributed by atoms with Gasteiger partial charge in [0.1, 0.15) is 5.75 Å². The number of hydrogen-bond donors (Lipinski definition) is 2. The van der Waals surface area contributed by atoms with Crippen LogP contribution in [0.5, 0.6) is 5.75 Å². The van der Waals surface area contributed by atoms with Crippen LogP contribution in [0.2, 0.25) is 0 Å². The second-order valence-corrected chi connectivity index (χ2v) is 7.85. The van der Waals surface area contributed by atoms with Crippen LogP contribution in [0, 0.1) is 5.92 Å². The third-order valence-electron chi connectivity index (χ3n) is 4.97. The van der Waals surface area contributed by atoms with Crippen molar-refractivity contribution in [2.75, 3.05) is 31.6 Å². The molecule has 0 aliphatic carbocycles. The molecule has 3 rings (SSSR count). The van der Waals surface area contributed by atoms with E-state index in [1.165, 1.54) is 5.69 Å². The first-order valence-electron chi connectivity index (χ1n) is 9.24. The predicted octanol–water partition coefficient (Wildman–Crippen LogP) is 4.34. The van der Waals surface area contributed by atoms with Crippen LogP contribution in [0.1, 0.15) is 24.9 Å². The molecule has 2 aromatic carbocycles. The number of carbonyl (C=O) groups is 1. The van der Waals surface area contributed by atoms with Gasteiger partial charge in [-0.3, -0.25) is 0 Å². The topological polar surface area (TPSA) is 53.6 Å². The van der Waals surface area contributed by atoms with Crippen molar-refractivity contribution in [3.63, 3.8) is 0 Å². The SMILES string of the molecule is COc1cccc(N2CCC(CNC(=O)NC(C)c3ccc(Br)cc3)C2)c1. The monoisotopic (exact) mass is 431 g/mol. The zero-order valence-corrected chi connectivity index (χ0v) is 17.3. The molecule has 0 spiro atoms. The van der Waals surface area contributed by atoms with Crippen molar-refractivity contribution < 1.29 is 9.53 Å². The molecule has 1 saturated heterocycles. The fourth-order valence-corrected chi connectivity index (χ4v) is 3.62. The molecule has 2 atom stereocenters. The lowest BCUT2D eigenvalue weighted by Crippen LogP contribution is -2.39. The van der Waals surface area contributed by atoms with Gasteiger partial charge in [-0.1, -0.05) is 34.1 Å². The van der Waals surface area contributed by atoms with Gasteiger partial charge >= 0.3 is 6.03 Å². The number of urea groups is 1. The highest BCUT2D eigenvalue weighted by molar-refractivity contribution is 9.10. The van der Waals surface area contributed by atoms with Gasteiger partial charge in [0.25, 0.3) is 0 Å². The number of hydrogen-bond acceptors (Lipinski definition) is 3. The summed E-state index contributed by atoms with van der Waals surface area (Å²) in [6.07, 6.45) is 1.07. The fourth-order valence-electron chi connectivity index (χ4n) is 3.36. The number of halogens is 1. The third-order valence-corrected chi connectivity index (χ3v) is 5.50. The Balaban J connectivity index is 1.45. The lowest BCUT2D eigenvalue weighted by atomic mass is 10.1. The molecule has 1 heterocycles. The van der Waals surface area contributed by atoms with Gasteiger partial charge in [0.05, 0.1) is 13.2 Å². The highest BCUT2D eigenvalue weighted by atomic mass is 79.9. The van der Waals surface area contributed by atoms with Gasteiger partial charge in [-0.2, -0.15) is 0 Å². The lowest BCUT2D eigenvalue weighted by Gasteiger charge is -2.20. The van der Waals surface area contributed by atoms with Gasteiger partial charge in [0.15, 0.2) is 0 Å². The molecule has 2 unspecified atom stereocenters. The van der Waals surface area contributed by atoms with E-state index in [0.29, 0.717) is 12.5 Å². The fraction of sp³-hybridized carbons (Fsp3) is 0.381. The number of anilines is 1. The van der Waals surface area contributed by atoms with Crippen molar-refractivity contribution in [1.29, 1.82) is 0 Å². The molecule has 2 amide bonds. The number of amides is 2. The largest absolute Gasteiger partial charge is 0.497 e. The van der Waals surface area contributed by atoms with Gasteiger partial charge in [-0.15, -0.1) is 0 Å². The first kappa shape index (κ1) is 19.5. The van der Waals surface area contributed by atoms with Crippen molar-refractivity contribution in [2.45, 2.75) is 19.4 Å². The molecule has 0 radical (unpaired) electrons. The minimum absolute atomic E-state index is 0.0324. The summed E-state index contributed by atoms with van der Waals surface area (Å²) in [6, 6.07) is 16.0. The number of nitrogens with one attached hydrogen (secondary N) is 2. The van der Waals surface area contributed by atoms with Crippen molar-refractivity contribution in [2.24, 2.45) is 5.92 Å². The molecule has 2 aromatic rings. The Hall–Kier alpha value is -2.21. The summed E-state index contributed by atoms with van der Waals surface area (Å²) >= 11 is 3.43. The Kier molecular flexibility index (Phi) is 6.61. The summed E-state index contributed by atoms with van der Waals surface area (Å²) in [5.41, 5.74) is 2.25. The van der Waals surface area contributed by atoms with E-state index in [4.69, 9.17) is 4.74 Å². The molecule has 27 heavy (non-hydrogen) atoms. The zero-order chi connectivity index (χ0) is 19.2. The minimum Gasteiger partial charge on any atom is -0.497 e. The van der Waals surface area contributed by atoms with Gasteiger partial charge < -0.3 is 20.3 Å². The maximum Gasteiger partial charge on any atom is 0.315 e. The lowest BCUT2D eigenvalue weighted by molar-refractivity contribution is 0.236. The van der Waals surface area contributed by atoms with Gasteiger partial charge in [0.2, 0.25) is 0 Å². The van der Waals surface area contributed by atoms with E-state index in [2.05, 4.69) is 43.6 Å². The van der Waals surface area contributed by atoms with Crippen LogP contribution in [0.4, 0.5) is 10.5 Å². The van der Waals surface area contributed by atoms with E-state index in [1.54, 1.807) is 7.11 Å². The number of carbonyl (C=O) groups excluding carboxylic acids is 1. The predicted molar refractivity (Wildman–Crippen MR) is 112 cm³/mol. The number of nitrogens with zero attached hydrogens (tertiary/aromatic N) is 1. The van der Waals surface area contributed by atoms with Gasteiger partial charge in [-0.05, 0) is 49.1 Å². The second kappa shape index (κ2) is 9.13. The summed E-state index contributed by atoms with van der Waals surface area (Å²) in [7, 11) is 1.68. The van der Waals surface area contributed by atoms with Crippen LogP contribution in [-0.2, 0) is 0 Å². The van der Waals surface area contributed by atoms with Crippen LogP contribution in [-0.4, -0.2) is 32.8 Å². The maximum atomic E-state index is 12.2. The maximum absolute atomic E-state index is 12.2. The second-order valence-electron chi connectivity index (χ2n) is 6.93. The standard InChI is InChI=1S/C21H26BrN3O2/c1-15(17-6-8-18(22)9-7-17)24-21(26)23-13-16-10-11-25(14-16)19-4-3-5-20(12-19)27-2/h3-9,12,15-16H,10-11,13-14H2,1-2H3,(H2,23,24,26). The summed E-state index contributed by atoms with van der Waals surface area (Å²) in [5, 5.41) is 6.02. The summed E-state index contributed by atoms with van der Waals surface area (Å²) in [6.45, 7) is 4.61. The van der Waals surface area contributed by atoms with Crippen molar-refractivity contribution in [3.05, 3.63) is 58.6 Å². The molecular formula is C21H26BrN3O2. The van der Waals surface area contributed by atoms with Crippen LogP contribution in [0.15, 0.2) is 53.0 Å². The van der Waals surface area contributed by atoms with Crippen molar-refractivity contribution in [3.8, 4) is 5.75 Å². The van der Waals surface area contributed by atoms with Crippen LogP contribution < -0.4 is 20.3 Å². The number of methoxy groups -OCH3 is 1. The van der Waals surface area contributed by atoms with E-state index in [9.17, 15) is 4.79 Å². The smallest absolute Gasteiger partial charge is 0.315 e. The highest BCUT2D eigenvalue weighted by Gasteiger charge is 2.23. The molecule has 144 valence electrons. The van der Waals surface area contributed by atoms with E-state index in [1.807, 2.05) is 43.3 Å². The van der Waals surface area contributed by atoms with Crippen LogP contribution in [0.3, 0.4) is 0 Å². The first-order valence-corrected chi connectivity index (χ1v) is 10.0. The zero-order valence-electron chi connectivity index (χ0n) is 15.7. The Labute approximate surface area is 169 Å². The molecule has 1 aliphatic heterocycles. The van der Waals surface area contributed by atoms with E-state index in [0.717, 1.165) is 35.3 Å². The molecular weight excluding hydrogens is 406 g/mol. The first-order chi connectivity index (χ1) is 13.0. The molecule has 2 N–H and O–H groups in total. The molecule has 1 aliphatic rings. The molecule has 0 aromatic heterocycles. The molecule has 1 fully saturated rings. The van der Waals surface area contributed by atoms with Gasteiger partial charge in [-0.25, -0.2) is 4.79 Å². The Morgan fingerprint density at radius 1 is 1.30 bits per heavy atom. The minimum atomic E-state index is -0.120. The summed E-state index contributed by atoms with van der Waals surface area (Å²) < 4.78 is 6.34. The average Bonchev–Trinajstić information content (AvgIpc) is 3.16. The van der Waals surface area contributed by atoms with E-state index < -0.39 is 0 Å². The Morgan fingerprint density at radius 3 is 2.81 bits per heavy atom. The van der Waals surface area contributed by atoms with E-state index >= 15 is 0 Å². The quantitative estimate of drug-likeness (QED) is 0.714. The molecule has 0 saturated carbocycles. The van der Waals surface area contributed by atoms with Crippen molar-refractivity contribution >= 4 is 27.6 Å². The Bertz CT molecular complexity index is 766. The number of benzene rings is 2. The number of rotatable bonds is 6. The van der Waals surface area contributed by atoms with Crippen LogP contribution >= 0.6 is 15.9 Å². The normalized spacial score (nSPS) is 17.4. The molecule has 6 heteroatoms. The van der Waals surface area contributed by atoms with Gasteiger partial charge in [0, 0.05) is 35.9 Å². The summed E-state index contributed by atoms with van der Waals surface area (Å²) in [4.78, 5) is 14.6. The number of ether oxygens (including phenoxy) is 1. The van der Waals surface area contributed by atoms with Crippen LogP contribution in [0.25, 0.3) is 0 Å². The van der Waals surface area contributed by atoms with E-state index in [-0.39, 0.29) is 12.1 Å². The highest BCUT2D eigenvalue weighted by Crippen LogP contribution is 2.26. The molecule has 5 nitrogen and oxygen atoms in total. The molecule has 0 bridgehead atoms. The van der Waals surface area contributed by atoms with Crippen molar-refractivity contribution in [1.82, 2.24) is 10.6 Å².